The highest BCUT2D eigenvalue weighted by Crippen LogP contribution is 2.45. The second-order valence-corrected chi connectivity index (χ2v) is 6.21. The Morgan fingerprint density at radius 3 is 2.52 bits per heavy atom. The maximum absolute atomic E-state index is 9.77. The molecule has 0 atom stereocenters. The summed E-state index contributed by atoms with van der Waals surface area (Å²) >= 11 is 0. The summed E-state index contributed by atoms with van der Waals surface area (Å²) in [6, 6.07) is 9.40. The molecule has 2 aromatic carbocycles. The van der Waals surface area contributed by atoms with E-state index in [1.165, 1.54) is 6.26 Å². The number of furan rings is 1. The molecule has 5 nitrogen and oxygen atoms in total. The lowest BCUT2D eigenvalue weighted by Gasteiger charge is -2.18. The highest BCUT2D eigenvalue weighted by atomic mass is 16.5. The highest BCUT2D eigenvalue weighted by molar-refractivity contribution is 5.89. The molecule has 1 heterocycles. The normalized spacial score (nSPS) is 11.1. The number of hydrogen-bond donors (Lipinski definition) is 1. The summed E-state index contributed by atoms with van der Waals surface area (Å²) in [5.41, 5.74) is 2.39. The molecule has 0 aliphatic heterocycles. The maximum atomic E-state index is 9.77. The van der Waals surface area contributed by atoms with E-state index in [4.69, 9.17) is 18.6 Å². The molecule has 0 amide bonds. The van der Waals surface area contributed by atoms with Crippen LogP contribution in [0.5, 0.6) is 23.0 Å². The van der Waals surface area contributed by atoms with Crippen molar-refractivity contribution in [2.24, 2.45) is 5.92 Å². The molecule has 25 heavy (non-hydrogen) atoms. The average Bonchev–Trinajstić information content (AvgIpc) is 2.99. The minimum atomic E-state index is 0.130. The van der Waals surface area contributed by atoms with Crippen LogP contribution in [-0.4, -0.2) is 25.9 Å². The van der Waals surface area contributed by atoms with Crippen molar-refractivity contribution in [3.63, 3.8) is 0 Å². The molecule has 0 spiro atoms. The Morgan fingerprint density at radius 1 is 1.04 bits per heavy atom. The van der Waals surface area contributed by atoms with E-state index in [1.807, 2.05) is 30.3 Å². The summed E-state index contributed by atoms with van der Waals surface area (Å²) in [4.78, 5) is 0. The monoisotopic (exact) mass is 342 g/mol. The lowest BCUT2D eigenvalue weighted by Crippen LogP contribution is -2.07. The lowest BCUT2D eigenvalue weighted by molar-refractivity contribution is 0.253. The van der Waals surface area contributed by atoms with Crippen LogP contribution >= 0.6 is 0 Å². The zero-order valence-electron chi connectivity index (χ0n) is 14.8. The molecule has 5 heteroatoms. The maximum Gasteiger partial charge on any atom is 0.203 e. The Bertz CT molecular complexity index is 879. The van der Waals surface area contributed by atoms with Gasteiger partial charge in [0, 0.05) is 5.56 Å². The summed E-state index contributed by atoms with van der Waals surface area (Å²) in [5.74, 6) is 2.30. The molecule has 3 rings (SSSR count). The van der Waals surface area contributed by atoms with E-state index in [9.17, 15) is 5.11 Å². The van der Waals surface area contributed by atoms with Gasteiger partial charge in [-0.2, -0.15) is 0 Å². The van der Waals surface area contributed by atoms with Crippen molar-refractivity contribution in [3.05, 3.63) is 36.6 Å². The van der Waals surface area contributed by atoms with Gasteiger partial charge < -0.3 is 23.7 Å². The molecule has 0 aliphatic rings. The topological polar surface area (TPSA) is 61.1 Å². The van der Waals surface area contributed by atoms with Gasteiger partial charge in [-0.3, -0.25) is 0 Å². The van der Waals surface area contributed by atoms with Crippen LogP contribution < -0.4 is 14.2 Å². The van der Waals surface area contributed by atoms with E-state index in [-0.39, 0.29) is 5.75 Å². The van der Waals surface area contributed by atoms with E-state index in [1.54, 1.807) is 14.2 Å². The summed E-state index contributed by atoms with van der Waals surface area (Å²) in [7, 11) is 3.19. The van der Waals surface area contributed by atoms with Crippen LogP contribution in [0.1, 0.15) is 13.8 Å². The fraction of sp³-hybridized carbons (Fsp3) is 0.300. The van der Waals surface area contributed by atoms with Gasteiger partial charge in [-0.05, 0) is 35.7 Å². The third kappa shape index (κ3) is 3.22. The second kappa shape index (κ2) is 6.97. The second-order valence-electron chi connectivity index (χ2n) is 6.21. The number of methoxy groups -OCH3 is 2. The standard InChI is InChI=1S/C20H22O5/c1-12(2)10-25-19-14(7-8-17(22-3)20(19)23-4)13-5-6-15-16(21)11-24-18(15)9-13/h5-9,11-12,21H,10H2,1-4H3. The van der Waals surface area contributed by atoms with Crippen molar-refractivity contribution in [2.45, 2.75) is 13.8 Å². The number of rotatable bonds is 6. The first-order valence-electron chi connectivity index (χ1n) is 8.13. The first-order valence-corrected chi connectivity index (χ1v) is 8.13. The molecule has 0 radical (unpaired) electrons. The van der Waals surface area contributed by atoms with Gasteiger partial charge in [0.05, 0.1) is 26.2 Å². The van der Waals surface area contributed by atoms with Crippen LogP contribution in [0.25, 0.3) is 22.1 Å². The van der Waals surface area contributed by atoms with Crippen LogP contribution in [0.15, 0.2) is 41.0 Å². The molecule has 132 valence electrons. The molecule has 3 aromatic rings. The summed E-state index contributed by atoms with van der Waals surface area (Å²) in [5, 5.41) is 10.4. The predicted octanol–water partition coefficient (Wildman–Crippen LogP) is 4.86. The van der Waals surface area contributed by atoms with Crippen molar-refractivity contribution in [1.82, 2.24) is 0 Å². The minimum Gasteiger partial charge on any atom is -0.504 e. The van der Waals surface area contributed by atoms with Gasteiger partial charge >= 0.3 is 0 Å². The molecular weight excluding hydrogens is 320 g/mol. The molecule has 0 aliphatic carbocycles. The molecule has 0 fully saturated rings. The third-order valence-corrected chi connectivity index (χ3v) is 3.93. The predicted molar refractivity (Wildman–Crippen MR) is 96.8 cm³/mol. The molecule has 0 bridgehead atoms. The third-order valence-electron chi connectivity index (χ3n) is 3.93. The summed E-state index contributed by atoms with van der Waals surface area (Å²) in [6.45, 7) is 4.73. The van der Waals surface area contributed by atoms with Crippen LogP contribution in [0.2, 0.25) is 0 Å². The molecule has 1 aromatic heterocycles. The Kier molecular flexibility index (Phi) is 4.74. The lowest BCUT2D eigenvalue weighted by atomic mass is 10.0. The van der Waals surface area contributed by atoms with Crippen molar-refractivity contribution in [3.8, 4) is 34.1 Å². The van der Waals surface area contributed by atoms with Gasteiger partial charge in [0.1, 0.15) is 11.8 Å². The molecule has 0 unspecified atom stereocenters. The summed E-state index contributed by atoms with van der Waals surface area (Å²) < 4.78 is 22.4. The number of hydrogen-bond acceptors (Lipinski definition) is 5. The Labute approximate surface area is 146 Å². The molecule has 0 saturated carbocycles. The van der Waals surface area contributed by atoms with Crippen molar-refractivity contribution >= 4 is 11.0 Å². The largest absolute Gasteiger partial charge is 0.504 e. The van der Waals surface area contributed by atoms with E-state index in [2.05, 4.69) is 13.8 Å². The van der Waals surface area contributed by atoms with Gasteiger partial charge in [0.2, 0.25) is 5.75 Å². The van der Waals surface area contributed by atoms with Crippen molar-refractivity contribution in [1.29, 1.82) is 0 Å². The van der Waals surface area contributed by atoms with E-state index in [0.717, 1.165) is 11.1 Å². The Morgan fingerprint density at radius 2 is 1.84 bits per heavy atom. The number of fused-ring (bicyclic) bond motifs is 1. The zero-order valence-corrected chi connectivity index (χ0v) is 14.8. The van der Waals surface area contributed by atoms with E-state index in [0.29, 0.717) is 40.7 Å². The van der Waals surface area contributed by atoms with Gasteiger partial charge in [-0.1, -0.05) is 19.9 Å². The van der Waals surface area contributed by atoms with Crippen molar-refractivity contribution in [2.75, 3.05) is 20.8 Å². The number of aromatic hydroxyl groups is 1. The SMILES string of the molecule is COc1ccc(-c2ccc3c(O)coc3c2)c(OCC(C)C)c1OC. The Balaban J connectivity index is 2.14. The van der Waals surface area contributed by atoms with Crippen LogP contribution in [-0.2, 0) is 0 Å². The smallest absolute Gasteiger partial charge is 0.203 e. The van der Waals surface area contributed by atoms with Crippen molar-refractivity contribution < 1.29 is 23.7 Å². The molecule has 0 saturated heterocycles. The minimum absolute atomic E-state index is 0.130. The van der Waals surface area contributed by atoms with Crippen LogP contribution in [0, 0.1) is 5.92 Å². The van der Waals surface area contributed by atoms with Gasteiger partial charge in [0.15, 0.2) is 17.2 Å². The molecule has 1 N–H and O–H groups in total. The number of benzene rings is 2. The quantitative estimate of drug-likeness (QED) is 0.693. The first-order chi connectivity index (χ1) is 12.0. The number of ether oxygens (including phenoxy) is 3. The van der Waals surface area contributed by atoms with Gasteiger partial charge in [-0.15, -0.1) is 0 Å². The van der Waals surface area contributed by atoms with Crippen LogP contribution in [0.3, 0.4) is 0 Å². The first kappa shape index (κ1) is 17.0. The van der Waals surface area contributed by atoms with Crippen LogP contribution in [0.4, 0.5) is 0 Å². The van der Waals surface area contributed by atoms with Gasteiger partial charge in [0.25, 0.3) is 0 Å². The van der Waals surface area contributed by atoms with Gasteiger partial charge in [-0.25, -0.2) is 0 Å². The van der Waals surface area contributed by atoms with E-state index >= 15 is 0 Å². The highest BCUT2D eigenvalue weighted by Gasteiger charge is 2.19. The van der Waals surface area contributed by atoms with E-state index < -0.39 is 0 Å². The average molecular weight is 342 g/mol. The zero-order chi connectivity index (χ0) is 18.0. The fourth-order valence-electron chi connectivity index (χ4n) is 2.70. The summed E-state index contributed by atoms with van der Waals surface area (Å²) in [6.07, 6.45) is 1.33. The molecular formula is C20H22O5. The fourth-order valence-corrected chi connectivity index (χ4v) is 2.70. The Hall–Kier alpha value is -2.82.